The molecule has 0 spiro atoms. The highest BCUT2D eigenvalue weighted by atomic mass is 16.5. The van der Waals surface area contributed by atoms with Crippen molar-refractivity contribution in [3.05, 3.63) is 77.4 Å². The van der Waals surface area contributed by atoms with Crippen LogP contribution < -0.4 is 10.6 Å². The predicted molar refractivity (Wildman–Crippen MR) is 106 cm³/mol. The highest BCUT2D eigenvalue weighted by Crippen LogP contribution is 2.32. The number of hydrogen-bond donors (Lipinski definition) is 1. The number of esters is 1. The van der Waals surface area contributed by atoms with E-state index in [0.717, 1.165) is 10.3 Å². The van der Waals surface area contributed by atoms with E-state index in [9.17, 15) is 19.2 Å². The highest BCUT2D eigenvalue weighted by molar-refractivity contribution is 6.35. The number of nitrogens with two attached hydrogens (primary N) is 1. The molecule has 3 aromatic rings. The van der Waals surface area contributed by atoms with Crippen molar-refractivity contribution in [1.29, 1.82) is 0 Å². The molecular weight excluding hydrogens is 372 g/mol. The van der Waals surface area contributed by atoms with Crippen LogP contribution in [0.4, 0.5) is 5.69 Å². The zero-order valence-electron chi connectivity index (χ0n) is 15.4. The lowest BCUT2D eigenvalue weighted by Crippen LogP contribution is -2.40. The first-order chi connectivity index (χ1) is 13.9. The van der Waals surface area contributed by atoms with Gasteiger partial charge in [-0.3, -0.25) is 14.4 Å². The van der Waals surface area contributed by atoms with E-state index in [0.29, 0.717) is 22.2 Å². The van der Waals surface area contributed by atoms with Gasteiger partial charge in [0.15, 0.2) is 6.10 Å². The Labute approximate surface area is 165 Å². The Hall–Kier alpha value is -4.00. The number of anilines is 1. The Morgan fingerprint density at radius 2 is 1.45 bits per heavy atom. The van der Waals surface area contributed by atoms with Crippen molar-refractivity contribution >= 4 is 40.2 Å². The molecule has 3 aromatic carbocycles. The van der Waals surface area contributed by atoms with E-state index in [-0.39, 0.29) is 5.56 Å². The maximum Gasteiger partial charge on any atom is 0.338 e. The van der Waals surface area contributed by atoms with Gasteiger partial charge in [0.2, 0.25) is 0 Å². The Bertz CT molecular complexity index is 1130. The minimum absolute atomic E-state index is 0.168. The summed E-state index contributed by atoms with van der Waals surface area (Å²) in [5, 5.41) is 1.46. The van der Waals surface area contributed by atoms with Crippen LogP contribution in [0.25, 0.3) is 10.8 Å². The fourth-order valence-electron chi connectivity index (χ4n) is 3.30. The number of carbonyl (C=O) groups excluding carboxylic acids is 4. The van der Waals surface area contributed by atoms with Gasteiger partial charge in [0.05, 0.1) is 11.3 Å². The summed E-state index contributed by atoms with van der Waals surface area (Å²) < 4.78 is 4.95. The third-order valence-electron chi connectivity index (χ3n) is 4.82. The molecule has 1 heterocycles. The molecule has 7 heteroatoms. The molecule has 0 aliphatic carbocycles. The van der Waals surface area contributed by atoms with E-state index < -0.39 is 29.8 Å². The molecule has 0 fully saturated rings. The molecule has 1 aliphatic heterocycles. The molecule has 29 heavy (non-hydrogen) atoms. The Morgan fingerprint density at radius 1 is 0.897 bits per heavy atom. The number of rotatable bonds is 4. The lowest BCUT2D eigenvalue weighted by Gasteiger charge is -2.27. The molecule has 0 unspecified atom stereocenters. The Morgan fingerprint density at radius 3 is 1.97 bits per heavy atom. The van der Waals surface area contributed by atoms with Gasteiger partial charge in [0.25, 0.3) is 17.7 Å². The summed E-state index contributed by atoms with van der Waals surface area (Å²) in [6, 6.07) is 16.4. The van der Waals surface area contributed by atoms with Crippen molar-refractivity contribution in [2.45, 2.75) is 13.0 Å². The number of primary amides is 1. The third-order valence-corrected chi connectivity index (χ3v) is 4.82. The van der Waals surface area contributed by atoms with Crippen molar-refractivity contribution in [1.82, 2.24) is 0 Å². The molecule has 0 saturated heterocycles. The molecule has 2 N–H and O–H groups in total. The lowest BCUT2D eigenvalue weighted by atomic mass is 9.94. The van der Waals surface area contributed by atoms with Crippen LogP contribution in [0.1, 0.15) is 38.0 Å². The smallest absolute Gasteiger partial charge is 0.338 e. The van der Waals surface area contributed by atoms with Crippen molar-refractivity contribution in [2.24, 2.45) is 5.73 Å². The average molecular weight is 388 g/mol. The van der Waals surface area contributed by atoms with Gasteiger partial charge < -0.3 is 10.5 Å². The fraction of sp³-hybridized carbons (Fsp3) is 0.0909. The topological polar surface area (TPSA) is 107 Å². The second-order valence-corrected chi connectivity index (χ2v) is 6.65. The lowest BCUT2D eigenvalue weighted by molar-refractivity contribution is -0.125. The van der Waals surface area contributed by atoms with Crippen LogP contribution >= 0.6 is 0 Å². The molecule has 3 amide bonds. The van der Waals surface area contributed by atoms with Crippen molar-refractivity contribution in [3.8, 4) is 0 Å². The summed E-state index contributed by atoms with van der Waals surface area (Å²) >= 11 is 0. The van der Waals surface area contributed by atoms with Crippen molar-refractivity contribution in [3.63, 3.8) is 0 Å². The van der Waals surface area contributed by atoms with Crippen molar-refractivity contribution < 1.29 is 23.9 Å². The second kappa shape index (κ2) is 6.87. The number of carbonyl (C=O) groups is 4. The number of imide groups is 1. The molecule has 0 bridgehead atoms. The second-order valence-electron chi connectivity index (χ2n) is 6.65. The van der Waals surface area contributed by atoms with Crippen LogP contribution in [0.15, 0.2) is 60.7 Å². The van der Waals surface area contributed by atoms with Gasteiger partial charge in [-0.1, -0.05) is 24.3 Å². The number of benzene rings is 3. The van der Waals surface area contributed by atoms with Crippen LogP contribution in [-0.4, -0.2) is 29.8 Å². The molecular formula is C22H16N2O5. The van der Waals surface area contributed by atoms with Crippen molar-refractivity contribution in [2.75, 3.05) is 4.90 Å². The number of hydrogen-bond acceptors (Lipinski definition) is 5. The third kappa shape index (κ3) is 3.02. The van der Waals surface area contributed by atoms with Gasteiger partial charge in [-0.25, -0.2) is 9.69 Å². The van der Waals surface area contributed by atoms with E-state index in [2.05, 4.69) is 0 Å². The maximum atomic E-state index is 13.0. The standard InChI is InChI=1S/C22H16N2O5/c1-12(19(23)25)29-22(28)14-8-10-15(11-9-14)24-20(26)16-6-2-4-13-5-3-7-17(18(13)16)21(24)27/h2-12H,1H3,(H2,23,25)/t12-/m1/s1. The number of amides is 3. The minimum Gasteiger partial charge on any atom is -0.449 e. The monoisotopic (exact) mass is 388 g/mol. The van der Waals surface area contributed by atoms with Crippen LogP contribution in [0, 0.1) is 0 Å². The molecule has 7 nitrogen and oxygen atoms in total. The summed E-state index contributed by atoms with van der Waals surface area (Å²) in [5.74, 6) is -2.35. The first-order valence-electron chi connectivity index (χ1n) is 8.89. The quantitative estimate of drug-likeness (QED) is 0.546. The van der Waals surface area contributed by atoms with E-state index in [1.807, 2.05) is 12.1 Å². The zero-order chi connectivity index (χ0) is 20.7. The van der Waals surface area contributed by atoms with Crippen LogP contribution in [-0.2, 0) is 9.53 Å². The maximum absolute atomic E-state index is 13.0. The van der Waals surface area contributed by atoms with Gasteiger partial charge >= 0.3 is 5.97 Å². The molecule has 1 aliphatic rings. The Balaban J connectivity index is 1.67. The largest absolute Gasteiger partial charge is 0.449 e. The molecule has 1 atom stereocenters. The zero-order valence-corrected chi connectivity index (χ0v) is 15.4. The van der Waals surface area contributed by atoms with Gasteiger partial charge in [-0.05, 0) is 48.7 Å². The first kappa shape index (κ1) is 18.4. The van der Waals surface area contributed by atoms with Crippen LogP contribution in [0.3, 0.4) is 0 Å². The number of nitrogens with zero attached hydrogens (tertiary/aromatic N) is 1. The fourth-order valence-corrected chi connectivity index (χ4v) is 3.30. The molecule has 4 rings (SSSR count). The van der Waals surface area contributed by atoms with Crippen LogP contribution in [0.5, 0.6) is 0 Å². The van der Waals surface area contributed by atoms with Gasteiger partial charge in [-0.15, -0.1) is 0 Å². The number of ether oxygens (including phenoxy) is 1. The molecule has 144 valence electrons. The summed E-state index contributed by atoms with van der Waals surface area (Å²) in [5.41, 5.74) is 6.46. The van der Waals surface area contributed by atoms with Gasteiger partial charge in [-0.2, -0.15) is 0 Å². The van der Waals surface area contributed by atoms with E-state index in [1.165, 1.54) is 31.2 Å². The highest BCUT2D eigenvalue weighted by Gasteiger charge is 2.33. The van der Waals surface area contributed by atoms with E-state index in [4.69, 9.17) is 10.5 Å². The first-order valence-corrected chi connectivity index (χ1v) is 8.89. The minimum atomic E-state index is -1.07. The van der Waals surface area contributed by atoms with Gasteiger partial charge in [0.1, 0.15) is 0 Å². The predicted octanol–water partition coefficient (Wildman–Crippen LogP) is 2.67. The molecule has 0 radical (unpaired) electrons. The summed E-state index contributed by atoms with van der Waals surface area (Å²) in [6.45, 7) is 1.37. The SMILES string of the molecule is C[C@@H](OC(=O)c1ccc(N2C(=O)c3cccc4cccc(c34)C2=O)cc1)C(N)=O. The summed E-state index contributed by atoms with van der Waals surface area (Å²) in [7, 11) is 0. The van der Waals surface area contributed by atoms with Gasteiger partial charge in [0, 0.05) is 16.5 Å². The normalized spacial score (nSPS) is 14.0. The molecule has 0 saturated carbocycles. The van der Waals surface area contributed by atoms with E-state index in [1.54, 1.807) is 24.3 Å². The summed E-state index contributed by atoms with van der Waals surface area (Å²) in [4.78, 5) is 50.2. The van der Waals surface area contributed by atoms with E-state index >= 15 is 0 Å². The van der Waals surface area contributed by atoms with Crippen LogP contribution in [0.2, 0.25) is 0 Å². The molecule has 0 aromatic heterocycles. The average Bonchev–Trinajstić information content (AvgIpc) is 2.72. The summed E-state index contributed by atoms with van der Waals surface area (Å²) in [6.07, 6.45) is -1.07. The Kier molecular flexibility index (Phi) is 4.35.